The fourth-order valence-electron chi connectivity index (χ4n) is 4.43. The topological polar surface area (TPSA) is 8.17 Å². The Kier molecular flexibility index (Phi) is 4.20. The van der Waals surface area contributed by atoms with Crippen LogP contribution in [-0.2, 0) is 19.5 Å². The highest BCUT2D eigenvalue weighted by atomic mass is 15.2. The van der Waals surface area contributed by atoms with Gasteiger partial charge in [0, 0.05) is 35.4 Å². The van der Waals surface area contributed by atoms with Gasteiger partial charge in [0.1, 0.15) is 0 Å². The molecule has 0 radical (unpaired) electrons. The summed E-state index contributed by atoms with van der Waals surface area (Å²) in [7, 11) is 0. The minimum Gasteiger partial charge on any atom is -0.365 e. The number of fused-ring (bicyclic) bond motifs is 3. The summed E-state index contributed by atoms with van der Waals surface area (Å²) in [6, 6.07) is 26.8. The molecular weight excluding hydrogens is 340 g/mol. The third-order valence-corrected chi connectivity index (χ3v) is 6.03. The van der Waals surface area contributed by atoms with E-state index < -0.39 is 0 Å². The molecule has 2 heteroatoms. The number of aromatic nitrogens is 1. The van der Waals surface area contributed by atoms with Gasteiger partial charge in [-0.25, -0.2) is 0 Å². The van der Waals surface area contributed by atoms with E-state index in [4.69, 9.17) is 0 Å². The van der Waals surface area contributed by atoms with Crippen molar-refractivity contribution in [2.75, 3.05) is 11.4 Å². The van der Waals surface area contributed by atoms with Crippen molar-refractivity contribution in [1.29, 1.82) is 0 Å². The van der Waals surface area contributed by atoms with Crippen LogP contribution in [0.2, 0.25) is 0 Å². The van der Waals surface area contributed by atoms with E-state index in [0.29, 0.717) is 0 Å². The Hall–Kier alpha value is -3.00. The van der Waals surface area contributed by atoms with Crippen molar-refractivity contribution < 1.29 is 0 Å². The van der Waals surface area contributed by atoms with Crippen molar-refractivity contribution >= 4 is 16.6 Å². The molecule has 0 unspecified atom stereocenters. The van der Waals surface area contributed by atoms with Crippen molar-refractivity contribution in [3.8, 4) is 0 Å². The lowest BCUT2D eigenvalue weighted by molar-refractivity contribution is 0.667. The molecule has 0 amide bonds. The van der Waals surface area contributed by atoms with Gasteiger partial charge in [0.15, 0.2) is 0 Å². The van der Waals surface area contributed by atoms with Gasteiger partial charge in [-0.2, -0.15) is 0 Å². The SMILES string of the molecule is Cc1ccc(Cn2c3c(c4ccccc42)CCN(c2ccc(C)cc2)C3)cc1. The summed E-state index contributed by atoms with van der Waals surface area (Å²) >= 11 is 0. The molecule has 0 N–H and O–H groups in total. The largest absolute Gasteiger partial charge is 0.365 e. The highest BCUT2D eigenvalue weighted by molar-refractivity contribution is 5.86. The minimum atomic E-state index is 0.928. The standard InChI is InChI=1S/C26H26N2/c1-19-7-11-21(12-8-19)17-28-25-6-4-3-5-23(25)24-15-16-27(18-26(24)28)22-13-9-20(2)10-14-22/h3-14H,15-18H2,1-2H3. The van der Waals surface area contributed by atoms with E-state index in [1.807, 2.05) is 0 Å². The molecule has 2 heterocycles. The molecule has 1 aliphatic heterocycles. The van der Waals surface area contributed by atoms with Gasteiger partial charge in [-0.05, 0) is 49.6 Å². The van der Waals surface area contributed by atoms with E-state index in [1.165, 1.54) is 44.5 Å². The zero-order chi connectivity index (χ0) is 19.1. The van der Waals surface area contributed by atoms with Gasteiger partial charge in [-0.3, -0.25) is 0 Å². The monoisotopic (exact) mass is 366 g/mol. The Bertz CT molecular complexity index is 1120. The molecule has 0 atom stereocenters. The van der Waals surface area contributed by atoms with Gasteiger partial charge < -0.3 is 9.47 Å². The number of anilines is 1. The van der Waals surface area contributed by atoms with E-state index in [0.717, 1.165) is 26.1 Å². The van der Waals surface area contributed by atoms with E-state index in [-0.39, 0.29) is 0 Å². The van der Waals surface area contributed by atoms with Gasteiger partial charge in [0.2, 0.25) is 0 Å². The second-order valence-corrected chi connectivity index (χ2v) is 8.02. The molecule has 5 rings (SSSR count). The van der Waals surface area contributed by atoms with Gasteiger partial charge in [-0.15, -0.1) is 0 Å². The molecule has 2 nitrogen and oxygen atoms in total. The molecule has 0 fully saturated rings. The van der Waals surface area contributed by atoms with Crippen LogP contribution in [0.3, 0.4) is 0 Å². The van der Waals surface area contributed by atoms with Crippen LogP contribution >= 0.6 is 0 Å². The molecule has 140 valence electrons. The Labute approximate surface area is 167 Å². The lowest BCUT2D eigenvalue weighted by atomic mass is 10.0. The number of hydrogen-bond acceptors (Lipinski definition) is 1. The maximum absolute atomic E-state index is 2.54. The fraction of sp³-hybridized carbons (Fsp3) is 0.231. The highest BCUT2D eigenvalue weighted by Crippen LogP contribution is 2.33. The normalized spacial score (nSPS) is 13.7. The maximum atomic E-state index is 2.54. The molecule has 0 aliphatic carbocycles. The first-order valence-electron chi connectivity index (χ1n) is 10.2. The van der Waals surface area contributed by atoms with Crippen LogP contribution < -0.4 is 4.90 Å². The first kappa shape index (κ1) is 17.1. The summed E-state index contributed by atoms with van der Waals surface area (Å²) in [5, 5.41) is 1.42. The summed E-state index contributed by atoms with van der Waals surface area (Å²) in [5.41, 5.74) is 9.67. The maximum Gasteiger partial charge on any atom is 0.0585 e. The average molecular weight is 367 g/mol. The van der Waals surface area contributed by atoms with Gasteiger partial charge in [-0.1, -0.05) is 65.7 Å². The molecule has 1 aliphatic rings. The van der Waals surface area contributed by atoms with Crippen LogP contribution in [0.1, 0.15) is 27.9 Å². The molecule has 28 heavy (non-hydrogen) atoms. The van der Waals surface area contributed by atoms with Crippen molar-refractivity contribution in [2.24, 2.45) is 0 Å². The van der Waals surface area contributed by atoms with Crippen molar-refractivity contribution in [2.45, 2.75) is 33.4 Å². The summed E-state index contributed by atoms with van der Waals surface area (Å²) in [5.74, 6) is 0. The second-order valence-electron chi connectivity index (χ2n) is 8.02. The Morgan fingerprint density at radius 1 is 0.786 bits per heavy atom. The van der Waals surface area contributed by atoms with Gasteiger partial charge >= 0.3 is 0 Å². The molecule has 0 spiro atoms. The first-order valence-corrected chi connectivity index (χ1v) is 10.2. The van der Waals surface area contributed by atoms with Gasteiger partial charge in [0.05, 0.1) is 6.54 Å². The lowest BCUT2D eigenvalue weighted by Gasteiger charge is -2.30. The van der Waals surface area contributed by atoms with E-state index in [2.05, 4.69) is 96.1 Å². The summed E-state index contributed by atoms with van der Waals surface area (Å²) < 4.78 is 2.54. The lowest BCUT2D eigenvalue weighted by Crippen LogP contribution is -2.31. The molecule has 1 aromatic heterocycles. The Morgan fingerprint density at radius 2 is 1.46 bits per heavy atom. The molecule has 4 aromatic rings. The highest BCUT2D eigenvalue weighted by Gasteiger charge is 2.24. The van der Waals surface area contributed by atoms with E-state index in [1.54, 1.807) is 0 Å². The molecular formula is C26H26N2. The van der Waals surface area contributed by atoms with Crippen LogP contribution in [-0.4, -0.2) is 11.1 Å². The zero-order valence-corrected chi connectivity index (χ0v) is 16.7. The number of rotatable bonds is 3. The van der Waals surface area contributed by atoms with Crippen molar-refractivity contribution in [3.63, 3.8) is 0 Å². The molecule has 3 aromatic carbocycles. The van der Waals surface area contributed by atoms with Crippen LogP contribution in [0.4, 0.5) is 5.69 Å². The Balaban J connectivity index is 1.57. The first-order chi connectivity index (χ1) is 13.7. The minimum absolute atomic E-state index is 0.928. The average Bonchev–Trinajstić information content (AvgIpc) is 3.03. The van der Waals surface area contributed by atoms with E-state index in [9.17, 15) is 0 Å². The summed E-state index contributed by atoms with van der Waals surface area (Å²) in [6.45, 7) is 7.28. The van der Waals surface area contributed by atoms with Gasteiger partial charge in [0.25, 0.3) is 0 Å². The zero-order valence-electron chi connectivity index (χ0n) is 16.7. The van der Waals surface area contributed by atoms with E-state index >= 15 is 0 Å². The van der Waals surface area contributed by atoms with Crippen LogP contribution in [0, 0.1) is 13.8 Å². The smallest absolute Gasteiger partial charge is 0.0585 e. The van der Waals surface area contributed by atoms with Crippen LogP contribution in [0.5, 0.6) is 0 Å². The molecule has 0 saturated carbocycles. The predicted octanol–water partition coefficient (Wildman–Crippen LogP) is 5.87. The van der Waals surface area contributed by atoms with Crippen molar-refractivity contribution in [3.05, 3.63) is 101 Å². The van der Waals surface area contributed by atoms with Crippen LogP contribution in [0.25, 0.3) is 10.9 Å². The summed E-state index contributed by atoms with van der Waals surface area (Å²) in [6.07, 6.45) is 1.10. The number of aryl methyl sites for hydroxylation is 2. The molecule has 0 saturated heterocycles. The van der Waals surface area contributed by atoms with Crippen molar-refractivity contribution in [1.82, 2.24) is 4.57 Å². The Morgan fingerprint density at radius 3 is 2.21 bits per heavy atom. The summed E-state index contributed by atoms with van der Waals surface area (Å²) in [4.78, 5) is 2.52. The van der Waals surface area contributed by atoms with Crippen LogP contribution in [0.15, 0.2) is 72.8 Å². The third kappa shape index (κ3) is 2.99. The second kappa shape index (κ2) is 6.87. The molecule has 0 bridgehead atoms. The fourth-order valence-corrected chi connectivity index (χ4v) is 4.43. The number of hydrogen-bond donors (Lipinski definition) is 0. The number of nitrogens with zero attached hydrogens (tertiary/aromatic N) is 2. The number of para-hydroxylation sites is 1. The number of benzene rings is 3. The predicted molar refractivity (Wildman–Crippen MR) is 118 cm³/mol. The quantitative estimate of drug-likeness (QED) is 0.440. The third-order valence-electron chi connectivity index (χ3n) is 6.03.